The maximum absolute atomic E-state index is 12.2. The van der Waals surface area contributed by atoms with Gasteiger partial charge in [-0.25, -0.2) is 10.2 Å². The van der Waals surface area contributed by atoms with Crippen molar-refractivity contribution in [3.8, 4) is 11.5 Å². The lowest BCUT2D eigenvalue weighted by Crippen LogP contribution is -2.24. The average Bonchev–Trinajstić information content (AvgIpc) is 2.81. The van der Waals surface area contributed by atoms with Crippen molar-refractivity contribution in [3.63, 3.8) is 0 Å². The number of nitrogens with one attached hydrogen (secondary N) is 2. The number of halogens is 1. The minimum absolute atomic E-state index is 0.304. The van der Waals surface area contributed by atoms with Crippen molar-refractivity contribution < 1.29 is 14.3 Å². The zero-order valence-corrected chi connectivity index (χ0v) is 20.1. The van der Waals surface area contributed by atoms with E-state index in [0.717, 1.165) is 27.9 Å². The molecule has 0 spiro atoms. The number of hydrogen-bond acceptors (Lipinski definition) is 4. The highest BCUT2D eigenvalue weighted by Crippen LogP contribution is 2.34. The van der Waals surface area contributed by atoms with Crippen LogP contribution in [0.25, 0.3) is 0 Å². The SMILES string of the molecule is C=CCc1cc(C=NNC(=O)Nc2ccccc2C)cc(OCC)c1OCc1ccccc1Cl. The molecular weight excluding hydrogens is 450 g/mol. The van der Waals surface area contributed by atoms with Gasteiger partial charge in [0.1, 0.15) is 6.61 Å². The Morgan fingerprint density at radius 1 is 1.09 bits per heavy atom. The highest BCUT2D eigenvalue weighted by Gasteiger charge is 2.14. The Kier molecular flexibility index (Phi) is 9.12. The lowest BCUT2D eigenvalue weighted by molar-refractivity contribution is 0.252. The van der Waals surface area contributed by atoms with Gasteiger partial charge >= 0.3 is 6.03 Å². The fourth-order valence-electron chi connectivity index (χ4n) is 3.29. The van der Waals surface area contributed by atoms with E-state index in [1.807, 2.05) is 74.5 Å². The zero-order chi connectivity index (χ0) is 24.3. The number of anilines is 1. The largest absolute Gasteiger partial charge is 0.490 e. The van der Waals surface area contributed by atoms with Gasteiger partial charge in [0, 0.05) is 21.8 Å². The highest BCUT2D eigenvalue weighted by atomic mass is 35.5. The van der Waals surface area contributed by atoms with Crippen LogP contribution in [-0.4, -0.2) is 18.9 Å². The Morgan fingerprint density at radius 2 is 1.85 bits per heavy atom. The van der Waals surface area contributed by atoms with Crippen LogP contribution in [0.3, 0.4) is 0 Å². The number of carbonyl (C=O) groups is 1. The fraction of sp³-hybridized carbons (Fsp3) is 0.185. The number of hydrogen-bond donors (Lipinski definition) is 2. The number of hydrazone groups is 1. The maximum atomic E-state index is 12.2. The van der Waals surface area contributed by atoms with Crippen molar-refractivity contribution in [2.24, 2.45) is 5.10 Å². The topological polar surface area (TPSA) is 72.0 Å². The van der Waals surface area contributed by atoms with Gasteiger partial charge < -0.3 is 14.8 Å². The summed E-state index contributed by atoms with van der Waals surface area (Å²) >= 11 is 6.28. The molecule has 0 bridgehead atoms. The second-order valence-electron chi connectivity index (χ2n) is 7.45. The first-order valence-electron chi connectivity index (χ1n) is 10.9. The summed E-state index contributed by atoms with van der Waals surface area (Å²) in [6.45, 7) is 8.45. The lowest BCUT2D eigenvalue weighted by Gasteiger charge is -2.17. The van der Waals surface area contributed by atoms with Gasteiger partial charge in [-0.05, 0) is 55.7 Å². The average molecular weight is 478 g/mol. The summed E-state index contributed by atoms with van der Waals surface area (Å²) in [7, 11) is 0. The summed E-state index contributed by atoms with van der Waals surface area (Å²) < 4.78 is 12.0. The Hall–Kier alpha value is -3.77. The van der Waals surface area contributed by atoms with Gasteiger partial charge in [-0.2, -0.15) is 5.10 Å². The van der Waals surface area contributed by atoms with E-state index in [0.29, 0.717) is 36.2 Å². The second-order valence-corrected chi connectivity index (χ2v) is 7.86. The smallest absolute Gasteiger partial charge is 0.339 e. The van der Waals surface area contributed by atoms with E-state index >= 15 is 0 Å². The van der Waals surface area contributed by atoms with Crippen LogP contribution < -0.4 is 20.2 Å². The lowest BCUT2D eigenvalue weighted by atomic mass is 10.1. The van der Waals surface area contributed by atoms with Crippen molar-refractivity contribution in [2.45, 2.75) is 26.9 Å². The molecule has 0 aliphatic rings. The van der Waals surface area contributed by atoms with Crippen LogP contribution in [0.5, 0.6) is 11.5 Å². The second kappa shape index (κ2) is 12.5. The first-order chi connectivity index (χ1) is 16.5. The number of allylic oxidation sites excluding steroid dienone is 1. The molecule has 7 heteroatoms. The molecule has 2 N–H and O–H groups in total. The van der Waals surface area contributed by atoms with Crippen molar-refractivity contribution in [3.05, 3.63) is 101 Å². The first-order valence-corrected chi connectivity index (χ1v) is 11.3. The molecule has 0 aromatic heterocycles. The zero-order valence-electron chi connectivity index (χ0n) is 19.3. The third kappa shape index (κ3) is 6.86. The number of carbonyl (C=O) groups excluding carboxylic acids is 1. The molecule has 6 nitrogen and oxygen atoms in total. The minimum Gasteiger partial charge on any atom is -0.490 e. The molecule has 0 unspecified atom stereocenters. The molecule has 0 aliphatic carbocycles. The van der Waals surface area contributed by atoms with E-state index in [4.69, 9.17) is 21.1 Å². The van der Waals surface area contributed by atoms with Crippen LogP contribution in [0.1, 0.15) is 29.2 Å². The van der Waals surface area contributed by atoms with Gasteiger partial charge in [0.2, 0.25) is 0 Å². The minimum atomic E-state index is -0.429. The number of benzene rings is 3. The monoisotopic (exact) mass is 477 g/mol. The predicted octanol–water partition coefficient (Wildman–Crippen LogP) is 6.51. The summed E-state index contributed by atoms with van der Waals surface area (Å²) in [4.78, 5) is 12.2. The number of ether oxygens (including phenoxy) is 2. The summed E-state index contributed by atoms with van der Waals surface area (Å²) in [5, 5.41) is 7.49. The molecule has 0 atom stereocenters. The summed E-state index contributed by atoms with van der Waals surface area (Å²) in [5.41, 5.74) is 6.70. The van der Waals surface area contributed by atoms with Crippen molar-refractivity contribution in [1.82, 2.24) is 5.43 Å². The molecule has 0 saturated heterocycles. The molecule has 3 rings (SSSR count). The van der Waals surface area contributed by atoms with E-state index in [-0.39, 0.29) is 0 Å². The van der Waals surface area contributed by atoms with E-state index in [9.17, 15) is 4.79 Å². The van der Waals surface area contributed by atoms with Gasteiger partial charge in [-0.3, -0.25) is 0 Å². The summed E-state index contributed by atoms with van der Waals surface area (Å²) in [5.74, 6) is 1.21. The molecule has 3 aromatic carbocycles. The van der Waals surface area contributed by atoms with Crippen molar-refractivity contribution in [2.75, 3.05) is 11.9 Å². The predicted molar refractivity (Wildman–Crippen MR) is 138 cm³/mol. The summed E-state index contributed by atoms with van der Waals surface area (Å²) in [6, 6.07) is 18.4. The normalized spacial score (nSPS) is 10.7. The van der Waals surface area contributed by atoms with Crippen LogP contribution in [0.4, 0.5) is 10.5 Å². The van der Waals surface area contributed by atoms with E-state index in [1.165, 1.54) is 0 Å². The van der Waals surface area contributed by atoms with Crippen LogP contribution >= 0.6 is 11.6 Å². The molecule has 0 radical (unpaired) electrons. The molecular formula is C27H28ClN3O3. The van der Waals surface area contributed by atoms with Crippen LogP contribution in [-0.2, 0) is 13.0 Å². The Labute approximate surface area is 205 Å². The van der Waals surface area contributed by atoms with E-state index in [2.05, 4.69) is 22.4 Å². The van der Waals surface area contributed by atoms with Crippen LogP contribution in [0.2, 0.25) is 5.02 Å². The third-order valence-electron chi connectivity index (χ3n) is 4.92. The highest BCUT2D eigenvalue weighted by molar-refractivity contribution is 6.31. The molecule has 0 heterocycles. The van der Waals surface area contributed by atoms with Gasteiger partial charge in [0.05, 0.1) is 12.8 Å². The molecule has 3 aromatic rings. The van der Waals surface area contributed by atoms with Crippen molar-refractivity contribution in [1.29, 1.82) is 0 Å². The standard InChI is InChI=1S/C27H28ClN3O3/c1-4-10-21-15-20(17-29-31-27(32)30-24-14-9-6-11-19(24)3)16-25(33-5-2)26(21)34-18-22-12-7-8-13-23(22)28/h4,6-9,11-17H,1,5,10,18H2,2-3H3,(H2,30,31,32). The number of amides is 2. The number of rotatable bonds is 10. The van der Waals surface area contributed by atoms with Crippen LogP contribution in [0.15, 0.2) is 78.4 Å². The number of para-hydroxylation sites is 1. The number of nitrogens with zero attached hydrogens (tertiary/aromatic N) is 1. The van der Waals surface area contributed by atoms with Crippen molar-refractivity contribution >= 4 is 29.5 Å². The van der Waals surface area contributed by atoms with Gasteiger partial charge in [0.25, 0.3) is 0 Å². The quantitative estimate of drug-likeness (QED) is 0.198. The van der Waals surface area contributed by atoms with Crippen LogP contribution in [0, 0.1) is 6.92 Å². The number of urea groups is 1. The van der Waals surface area contributed by atoms with Gasteiger partial charge in [-0.1, -0.05) is 54.1 Å². The molecule has 176 valence electrons. The Morgan fingerprint density at radius 3 is 2.59 bits per heavy atom. The van der Waals surface area contributed by atoms with Gasteiger partial charge in [-0.15, -0.1) is 6.58 Å². The number of aryl methyl sites for hydroxylation is 1. The molecule has 34 heavy (non-hydrogen) atoms. The van der Waals surface area contributed by atoms with E-state index in [1.54, 1.807) is 12.3 Å². The first kappa shape index (κ1) is 24.9. The molecule has 0 aliphatic heterocycles. The summed E-state index contributed by atoms with van der Waals surface area (Å²) in [6.07, 6.45) is 3.92. The maximum Gasteiger partial charge on any atom is 0.339 e. The van der Waals surface area contributed by atoms with E-state index < -0.39 is 6.03 Å². The fourth-order valence-corrected chi connectivity index (χ4v) is 3.48. The molecule has 0 saturated carbocycles. The molecule has 2 amide bonds. The van der Waals surface area contributed by atoms with Gasteiger partial charge in [0.15, 0.2) is 11.5 Å². The third-order valence-corrected chi connectivity index (χ3v) is 5.29. The Balaban J connectivity index is 1.77. The molecule has 0 fully saturated rings. The Bertz CT molecular complexity index is 1180.